The molecule has 6 nitrogen and oxygen atoms in total. The van der Waals surface area contributed by atoms with Crippen LogP contribution in [0, 0.1) is 5.92 Å². The molecule has 0 radical (unpaired) electrons. The second-order valence-corrected chi connectivity index (χ2v) is 7.34. The number of benzene rings is 1. The number of hydrogen-bond acceptors (Lipinski definition) is 4. The Morgan fingerprint density at radius 1 is 1.31 bits per heavy atom. The Labute approximate surface area is 157 Å². The summed E-state index contributed by atoms with van der Waals surface area (Å²) in [6.07, 6.45) is 4.09. The first-order valence-electron chi connectivity index (χ1n) is 8.41. The largest absolute Gasteiger partial charge is 0.384 e. The molecule has 0 aliphatic rings. The van der Waals surface area contributed by atoms with Crippen LogP contribution in [0.4, 0.5) is 5.82 Å². The number of fused-ring (bicyclic) bond motifs is 1. The number of aromatic nitrogens is 3. The van der Waals surface area contributed by atoms with Crippen molar-refractivity contribution in [2.75, 3.05) is 19.8 Å². The molecule has 7 heteroatoms. The molecule has 0 fully saturated rings. The molecular formula is C19H22ClN5O. The summed E-state index contributed by atoms with van der Waals surface area (Å²) in [7, 11) is 3.47. The zero-order valence-electron chi connectivity index (χ0n) is 15.3. The molecule has 2 aromatic heterocycles. The first-order chi connectivity index (χ1) is 12.3. The Morgan fingerprint density at radius 2 is 2.04 bits per heavy atom. The summed E-state index contributed by atoms with van der Waals surface area (Å²) < 4.78 is 1.91. The number of amides is 1. The minimum Gasteiger partial charge on any atom is -0.384 e. The fraction of sp³-hybridized carbons (Fsp3) is 0.316. The van der Waals surface area contributed by atoms with Gasteiger partial charge < -0.3 is 15.2 Å². The van der Waals surface area contributed by atoms with Gasteiger partial charge in [-0.15, -0.1) is 0 Å². The summed E-state index contributed by atoms with van der Waals surface area (Å²) in [5.41, 5.74) is 8.21. The fourth-order valence-corrected chi connectivity index (χ4v) is 3.38. The summed E-state index contributed by atoms with van der Waals surface area (Å²) in [4.78, 5) is 22.5. The lowest BCUT2D eigenvalue weighted by Gasteiger charge is -2.18. The summed E-state index contributed by atoms with van der Waals surface area (Å²) >= 11 is 6.56. The molecule has 0 unspecified atom stereocenters. The van der Waals surface area contributed by atoms with Crippen LogP contribution in [-0.2, 0) is 6.42 Å². The molecule has 0 bridgehead atoms. The minimum atomic E-state index is -0.0911. The van der Waals surface area contributed by atoms with E-state index in [-0.39, 0.29) is 5.91 Å². The van der Waals surface area contributed by atoms with Gasteiger partial charge in [-0.3, -0.25) is 4.79 Å². The molecule has 3 aromatic rings. The van der Waals surface area contributed by atoms with E-state index in [9.17, 15) is 4.79 Å². The molecule has 3 rings (SSSR count). The van der Waals surface area contributed by atoms with Crippen LogP contribution in [0.5, 0.6) is 0 Å². The predicted molar refractivity (Wildman–Crippen MR) is 105 cm³/mol. The number of nitrogens with two attached hydrogens (primary N) is 1. The normalized spacial score (nSPS) is 11.3. The van der Waals surface area contributed by atoms with Crippen molar-refractivity contribution >= 4 is 34.2 Å². The maximum Gasteiger partial charge on any atom is 0.255 e. The third-order valence-electron chi connectivity index (χ3n) is 4.21. The second kappa shape index (κ2) is 6.96. The van der Waals surface area contributed by atoms with Crippen LogP contribution >= 0.6 is 11.6 Å². The summed E-state index contributed by atoms with van der Waals surface area (Å²) in [5.74, 6) is 1.34. The Bertz CT molecular complexity index is 977. The van der Waals surface area contributed by atoms with E-state index in [1.807, 2.05) is 22.9 Å². The van der Waals surface area contributed by atoms with E-state index >= 15 is 0 Å². The van der Waals surface area contributed by atoms with Gasteiger partial charge in [0.05, 0.1) is 16.1 Å². The number of nitrogens with zero attached hydrogens (tertiary/aromatic N) is 4. The van der Waals surface area contributed by atoms with E-state index in [1.165, 1.54) is 6.33 Å². The van der Waals surface area contributed by atoms with Crippen LogP contribution in [0.1, 0.15) is 29.8 Å². The quantitative estimate of drug-likeness (QED) is 0.760. The first-order valence-corrected chi connectivity index (χ1v) is 8.79. The zero-order chi connectivity index (χ0) is 19.0. The molecular weight excluding hydrogens is 350 g/mol. The number of carbonyl (C=O) groups is 1. The molecule has 1 amide bonds. The third kappa shape index (κ3) is 3.24. The van der Waals surface area contributed by atoms with Crippen LogP contribution in [0.25, 0.3) is 16.7 Å². The van der Waals surface area contributed by atoms with Crippen molar-refractivity contribution in [3.05, 3.63) is 46.9 Å². The van der Waals surface area contributed by atoms with Gasteiger partial charge in [0.15, 0.2) is 0 Å². The molecule has 2 heterocycles. The second-order valence-electron chi connectivity index (χ2n) is 6.93. The van der Waals surface area contributed by atoms with Gasteiger partial charge >= 0.3 is 0 Å². The minimum absolute atomic E-state index is 0.0911. The number of halogens is 1. The van der Waals surface area contributed by atoms with Gasteiger partial charge in [0.25, 0.3) is 5.91 Å². The van der Waals surface area contributed by atoms with Gasteiger partial charge in [-0.2, -0.15) is 0 Å². The van der Waals surface area contributed by atoms with E-state index in [0.717, 1.165) is 22.9 Å². The average Bonchev–Trinajstić information content (AvgIpc) is 2.97. The molecule has 1 aromatic carbocycles. The molecule has 0 saturated carbocycles. The first kappa shape index (κ1) is 18.2. The van der Waals surface area contributed by atoms with Gasteiger partial charge in [0.2, 0.25) is 0 Å². The van der Waals surface area contributed by atoms with E-state index in [4.69, 9.17) is 17.3 Å². The van der Waals surface area contributed by atoms with Crippen molar-refractivity contribution in [1.29, 1.82) is 0 Å². The zero-order valence-corrected chi connectivity index (χ0v) is 16.1. The number of carbonyl (C=O) groups excluding carboxylic acids is 1. The highest BCUT2D eigenvalue weighted by Gasteiger charge is 2.22. The molecule has 0 spiro atoms. The maximum atomic E-state index is 12.7. The fourth-order valence-electron chi connectivity index (χ4n) is 3.09. The van der Waals surface area contributed by atoms with Crippen molar-refractivity contribution < 1.29 is 4.79 Å². The van der Waals surface area contributed by atoms with E-state index < -0.39 is 0 Å². The van der Waals surface area contributed by atoms with Gasteiger partial charge in [-0.25, -0.2) is 9.97 Å². The number of nitrogen functional groups attached to an aromatic ring is 1. The third-order valence-corrected chi connectivity index (χ3v) is 4.51. The van der Waals surface area contributed by atoms with Gasteiger partial charge in [0.1, 0.15) is 18.0 Å². The highest BCUT2D eigenvalue weighted by molar-refractivity contribution is 6.35. The summed E-state index contributed by atoms with van der Waals surface area (Å²) in [5, 5.41) is 1.43. The van der Waals surface area contributed by atoms with Crippen molar-refractivity contribution in [2.24, 2.45) is 5.92 Å². The Morgan fingerprint density at radius 3 is 2.65 bits per heavy atom. The van der Waals surface area contributed by atoms with Crippen LogP contribution in [-0.4, -0.2) is 39.4 Å². The molecule has 0 aliphatic carbocycles. The lowest BCUT2D eigenvalue weighted by Crippen LogP contribution is -2.24. The van der Waals surface area contributed by atoms with Crippen LogP contribution in [0.3, 0.4) is 0 Å². The maximum absolute atomic E-state index is 12.7. The average molecular weight is 372 g/mol. The highest BCUT2D eigenvalue weighted by Crippen LogP contribution is 2.33. The van der Waals surface area contributed by atoms with E-state index in [1.54, 1.807) is 25.1 Å². The van der Waals surface area contributed by atoms with Crippen LogP contribution < -0.4 is 5.73 Å². The van der Waals surface area contributed by atoms with E-state index in [0.29, 0.717) is 28.1 Å². The van der Waals surface area contributed by atoms with Crippen molar-refractivity contribution in [3.8, 4) is 5.82 Å². The summed E-state index contributed by atoms with van der Waals surface area (Å²) in [6, 6.07) is 5.51. The van der Waals surface area contributed by atoms with Gasteiger partial charge in [-0.05, 0) is 30.0 Å². The number of anilines is 1. The Kier molecular flexibility index (Phi) is 4.87. The lowest BCUT2D eigenvalue weighted by atomic mass is 9.94. The lowest BCUT2D eigenvalue weighted by molar-refractivity contribution is 0.0827. The summed E-state index contributed by atoms with van der Waals surface area (Å²) in [6.45, 7) is 4.25. The molecule has 0 aliphatic heterocycles. The SMILES string of the molecule is CC(C)Cc1c(C(=O)N(C)C)c(Cl)cc2c1ccn2-c1cc(N)ncn1. The van der Waals surface area contributed by atoms with Crippen LogP contribution in [0.15, 0.2) is 30.7 Å². The van der Waals surface area contributed by atoms with Crippen molar-refractivity contribution in [3.63, 3.8) is 0 Å². The monoisotopic (exact) mass is 371 g/mol. The Balaban J connectivity index is 2.30. The predicted octanol–water partition coefficient (Wildman–Crippen LogP) is 3.56. The topological polar surface area (TPSA) is 77.0 Å². The molecule has 26 heavy (non-hydrogen) atoms. The van der Waals surface area contributed by atoms with Gasteiger partial charge in [-0.1, -0.05) is 25.4 Å². The van der Waals surface area contributed by atoms with E-state index in [2.05, 4.69) is 23.8 Å². The molecule has 2 N–H and O–H groups in total. The smallest absolute Gasteiger partial charge is 0.255 e. The molecule has 0 saturated heterocycles. The van der Waals surface area contributed by atoms with Crippen molar-refractivity contribution in [1.82, 2.24) is 19.4 Å². The van der Waals surface area contributed by atoms with Crippen molar-refractivity contribution in [2.45, 2.75) is 20.3 Å². The van der Waals surface area contributed by atoms with Gasteiger partial charge in [0, 0.05) is 31.7 Å². The van der Waals surface area contributed by atoms with Crippen LogP contribution in [0.2, 0.25) is 5.02 Å². The molecule has 136 valence electrons. The highest BCUT2D eigenvalue weighted by atomic mass is 35.5. The molecule has 0 atom stereocenters. The number of rotatable bonds is 4. The Hall–Kier alpha value is -2.60. The standard InChI is InChI=1S/C19H22ClN5O/c1-11(2)7-13-12-5-6-25(17-9-16(21)22-10-23-17)15(12)8-14(20)18(13)19(26)24(3)4/h5-6,8-11H,7H2,1-4H3,(H2,21,22,23). The number of hydrogen-bond donors (Lipinski definition) is 1.